The number of fused-ring (bicyclic) bond motifs is 1. The van der Waals surface area contributed by atoms with Crippen molar-refractivity contribution in [1.29, 1.82) is 0 Å². The van der Waals surface area contributed by atoms with Crippen molar-refractivity contribution in [3.05, 3.63) is 89.0 Å². The van der Waals surface area contributed by atoms with Crippen LogP contribution in [-0.2, 0) is 9.59 Å². The predicted octanol–water partition coefficient (Wildman–Crippen LogP) is 4.10. The lowest BCUT2D eigenvalue weighted by Gasteiger charge is -2.26. The number of Topliss-reactive ketones (excluding diaryl/α,β-unsaturated/α-hetero) is 1. The lowest BCUT2D eigenvalue weighted by Crippen LogP contribution is -2.29. The lowest BCUT2D eigenvalue weighted by molar-refractivity contribution is -0.132. The molecule has 1 saturated heterocycles. The lowest BCUT2D eigenvalue weighted by atomic mass is 9.94. The van der Waals surface area contributed by atoms with Crippen molar-refractivity contribution < 1.29 is 29.3 Å². The highest BCUT2D eigenvalue weighted by atomic mass is 16.6. The second-order valence-electron chi connectivity index (χ2n) is 7.96. The van der Waals surface area contributed by atoms with Gasteiger partial charge >= 0.3 is 0 Å². The molecule has 1 amide bonds. The molecule has 1 atom stereocenters. The van der Waals surface area contributed by atoms with Crippen LogP contribution >= 0.6 is 0 Å². The number of hydrogen-bond acceptors (Lipinski definition) is 6. The summed E-state index contributed by atoms with van der Waals surface area (Å²) < 4.78 is 11.1. The van der Waals surface area contributed by atoms with Gasteiger partial charge in [0.25, 0.3) is 11.7 Å². The second kappa shape index (κ2) is 8.02. The van der Waals surface area contributed by atoms with Crippen LogP contribution in [0.25, 0.3) is 5.76 Å². The fraction of sp³-hybridized carbons (Fsp3) is 0.154. The van der Waals surface area contributed by atoms with Crippen molar-refractivity contribution >= 4 is 23.1 Å². The van der Waals surface area contributed by atoms with Gasteiger partial charge < -0.3 is 19.7 Å². The zero-order valence-electron chi connectivity index (χ0n) is 17.8. The molecule has 7 heteroatoms. The van der Waals surface area contributed by atoms with Gasteiger partial charge in [0, 0.05) is 11.3 Å². The number of benzene rings is 3. The first kappa shape index (κ1) is 20.6. The standard InChI is InChI=1S/C26H21NO6/c1-15-5-8-18(9-6-15)27-23(16-3-2-4-19(28)13-16)22(25(30)26(27)31)24(29)17-7-10-20-21(14-17)33-12-11-32-20/h2-10,13-14,23,28-29H,11-12H2,1H3/b24-22-. The summed E-state index contributed by atoms with van der Waals surface area (Å²) in [6.07, 6.45) is 0. The quantitative estimate of drug-likeness (QED) is 0.360. The monoisotopic (exact) mass is 443 g/mol. The predicted molar refractivity (Wildman–Crippen MR) is 122 cm³/mol. The Bertz CT molecular complexity index is 1290. The van der Waals surface area contributed by atoms with Crippen LogP contribution in [0.4, 0.5) is 5.69 Å². The number of ketones is 1. The minimum atomic E-state index is -0.923. The molecule has 166 valence electrons. The van der Waals surface area contributed by atoms with Crippen molar-refractivity contribution in [3.63, 3.8) is 0 Å². The number of phenols is 1. The Hall–Kier alpha value is -4.26. The largest absolute Gasteiger partial charge is 0.508 e. The molecule has 2 heterocycles. The Morgan fingerprint density at radius 1 is 0.939 bits per heavy atom. The number of rotatable bonds is 3. The number of anilines is 1. The summed E-state index contributed by atoms with van der Waals surface area (Å²) in [5, 5.41) is 21.3. The van der Waals surface area contributed by atoms with Gasteiger partial charge in [0.05, 0.1) is 11.6 Å². The van der Waals surface area contributed by atoms with Gasteiger partial charge in [-0.2, -0.15) is 0 Å². The number of ether oxygens (including phenoxy) is 2. The molecule has 1 fully saturated rings. The summed E-state index contributed by atoms with van der Waals surface area (Å²) in [4.78, 5) is 27.7. The number of hydrogen-bond donors (Lipinski definition) is 2. The summed E-state index contributed by atoms with van der Waals surface area (Å²) in [7, 11) is 0. The van der Waals surface area contributed by atoms with E-state index >= 15 is 0 Å². The normalized spacial score (nSPS) is 19.1. The highest BCUT2D eigenvalue weighted by Gasteiger charge is 2.47. The molecule has 5 rings (SSSR count). The first-order valence-electron chi connectivity index (χ1n) is 10.5. The molecule has 0 radical (unpaired) electrons. The number of aliphatic hydroxyl groups excluding tert-OH is 1. The molecule has 0 bridgehead atoms. The Labute approximate surface area is 190 Å². The van der Waals surface area contributed by atoms with Gasteiger partial charge in [-0.1, -0.05) is 29.8 Å². The van der Waals surface area contributed by atoms with E-state index in [1.807, 2.05) is 19.1 Å². The van der Waals surface area contributed by atoms with Crippen LogP contribution < -0.4 is 14.4 Å². The molecule has 7 nitrogen and oxygen atoms in total. The Morgan fingerprint density at radius 2 is 1.67 bits per heavy atom. The van der Waals surface area contributed by atoms with E-state index in [0.29, 0.717) is 41.5 Å². The SMILES string of the molecule is Cc1ccc(N2C(=O)C(=O)/C(=C(\O)c3ccc4c(c3)OCCO4)C2c2cccc(O)c2)cc1. The third-order valence-electron chi connectivity index (χ3n) is 5.76. The summed E-state index contributed by atoms with van der Waals surface area (Å²) >= 11 is 0. The number of carbonyl (C=O) groups is 2. The van der Waals surface area contributed by atoms with Crippen LogP contribution in [0.15, 0.2) is 72.3 Å². The Kier molecular flexibility index (Phi) is 5.01. The number of phenolic OH excluding ortho intramolecular Hbond substituents is 1. The molecule has 2 N–H and O–H groups in total. The van der Waals surface area contributed by atoms with Crippen molar-refractivity contribution in [3.8, 4) is 17.2 Å². The number of aliphatic hydroxyl groups is 1. The molecule has 0 aliphatic carbocycles. The van der Waals surface area contributed by atoms with Crippen LogP contribution in [0.5, 0.6) is 17.2 Å². The third kappa shape index (κ3) is 3.57. The molecule has 2 aliphatic heterocycles. The molecule has 0 spiro atoms. The van der Waals surface area contributed by atoms with Crippen molar-refractivity contribution in [1.82, 2.24) is 0 Å². The zero-order valence-corrected chi connectivity index (χ0v) is 17.8. The van der Waals surface area contributed by atoms with Crippen LogP contribution in [0.1, 0.15) is 22.7 Å². The van der Waals surface area contributed by atoms with Crippen LogP contribution in [0.3, 0.4) is 0 Å². The topological polar surface area (TPSA) is 96.3 Å². The fourth-order valence-corrected chi connectivity index (χ4v) is 4.16. The number of carbonyl (C=O) groups excluding carboxylic acids is 2. The van der Waals surface area contributed by atoms with E-state index in [4.69, 9.17) is 9.47 Å². The van der Waals surface area contributed by atoms with E-state index < -0.39 is 17.7 Å². The van der Waals surface area contributed by atoms with Crippen molar-refractivity contribution in [2.75, 3.05) is 18.1 Å². The first-order chi connectivity index (χ1) is 15.9. The average molecular weight is 443 g/mol. The van der Waals surface area contributed by atoms with Gasteiger partial charge in [0.1, 0.15) is 24.7 Å². The van der Waals surface area contributed by atoms with E-state index in [-0.39, 0.29) is 17.1 Å². The number of nitrogens with zero attached hydrogens (tertiary/aromatic N) is 1. The number of aryl methyl sites for hydroxylation is 1. The minimum absolute atomic E-state index is 0.0127. The van der Waals surface area contributed by atoms with Gasteiger partial charge in [0.2, 0.25) is 0 Å². The highest BCUT2D eigenvalue weighted by molar-refractivity contribution is 6.51. The maximum Gasteiger partial charge on any atom is 0.300 e. The smallest absolute Gasteiger partial charge is 0.300 e. The summed E-state index contributed by atoms with van der Waals surface area (Å²) in [6.45, 7) is 2.72. The number of aromatic hydroxyl groups is 1. The molecule has 33 heavy (non-hydrogen) atoms. The molecule has 1 unspecified atom stereocenters. The number of amides is 1. The zero-order chi connectivity index (χ0) is 23.1. The second-order valence-corrected chi connectivity index (χ2v) is 7.96. The van der Waals surface area contributed by atoms with Gasteiger partial charge in [0.15, 0.2) is 11.5 Å². The fourth-order valence-electron chi connectivity index (χ4n) is 4.16. The maximum atomic E-state index is 13.2. The van der Waals surface area contributed by atoms with Crippen LogP contribution in [0, 0.1) is 6.92 Å². The van der Waals surface area contributed by atoms with Crippen LogP contribution in [0.2, 0.25) is 0 Å². The van der Waals surface area contributed by atoms with E-state index in [0.717, 1.165) is 5.56 Å². The van der Waals surface area contributed by atoms with Gasteiger partial charge in [-0.05, 0) is 55.0 Å². The molecule has 2 aliphatic rings. The first-order valence-corrected chi connectivity index (χ1v) is 10.5. The van der Waals surface area contributed by atoms with E-state index in [9.17, 15) is 19.8 Å². The Morgan fingerprint density at radius 3 is 2.39 bits per heavy atom. The summed E-state index contributed by atoms with van der Waals surface area (Å²) in [6, 6.07) is 17.4. The highest BCUT2D eigenvalue weighted by Crippen LogP contribution is 2.43. The van der Waals surface area contributed by atoms with E-state index in [1.165, 1.54) is 17.0 Å². The minimum Gasteiger partial charge on any atom is -0.508 e. The van der Waals surface area contributed by atoms with Gasteiger partial charge in [-0.25, -0.2) is 0 Å². The van der Waals surface area contributed by atoms with Gasteiger partial charge in [-0.15, -0.1) is 0 Å². The van der Waals surface area contributed by atoms with Crippen molar-refractivity contribution in [2.45, 2.75) is 13.0 Å². The van der Waals surface area contributed by atoms with Crippen LogP contribution in [-0.4, -0.2) is 35.1 Å². The third-order valence-corrected chi connectivity index (χ3v) is 5.76. The summed E-state index contributed by atoms with van der Waals surface area (Å²) in [5.74, 6) is -0.911. The molecular weight excluding hydrogens is 422 g/mol. The molecule has 3 aromatic rings. The molecule has 0 saturated carbocycles. The van der Waals surface area contributed by atoms with Gasteiger partial charge in [-0.3, -0.25) is 14.5 Å². The molecule has 0 aromatic heterocycles. The van der Waals surface area contributed by atoms with E-state index in [1.54, 1.807) is 42.5 Å². The summed E-state index contributed by atoms with van der Waals surface area (Å²) in [5.41, 5.74) is 2.26. The Balaban J connectivity index is 1.70. The molecular formula is C26H21NO6. The van der Waals surface area contributed by atoms with E-state index in [2.05, 4.69) is 0 Å². The average Bonchev–Trinajstić information content (AvgIpc) is 3.09. The van der Waals surface area contributed by atoms with Crippen molar-refractivity contribution in [2.24, 2.45) is 0 Å². The maximum absolute atomic E-state index is 13.2. The molecule has 3 aromatic carbocycles.